The summed E-state index contributed by atoms with van der Waals surface area (Å²) in [4.78, 5) is 10.7. The Bertz CT molecular complexity index is 6320. The molecule has 566 valence electrons. The summed E-state index contributed by atoms with van der Waals surface area (Å²) in [7, 11) is 0. The van der Waals surface area contributed by atoms with Gasteiger partial charge in [-0.3, -0.25) is 0 Å². The Balaban J connectivity index is 0.973. The fraction of sp³-hybridized carbons (Fsp3) is 0.264. The molecule has 0 amide bonds. The van der Waals surface area contributed by atoms with Gasteiger partial charge in [0.25, 0.3) is 0 Å². The second kappa shape index (κ2) is 25.7. The van der Waals surface area contributed by atoms with E-state index in [0.717, 1.165) is 50.7 Å². The first-order valence-electron chi connectivity index (χ1n) is 41.3. The largest absolute Gasteiger partial charge is 0.311 e. The van der Waals surface area contributed by atoms with Crippen molar-refractivity contribution < 1.29 is 0 Å². The highest BCUT2D eigenvalue weighted by Crippen LogP contribution is 2.54. The molecule has 0 saturated heterocycles. The summed E-state index contributed by atoms with van der Waals surface area (Å²) >= 11 is 3.94. The lowest BCUT2D eigenvalue weighted by Gasteiger charge is -2.45. The molecule has 0 atom stereocenters. The third-order valence-electron chi connectivity index (χ3n) is 25.3. The molecule has 13 aromatic carbocycles. The van der Waals surface area contributed by atoms with Crippen LogP contribution in [0.15, 0.2) is 268 Å². The zero-order chi connectivity index (χ0) is 79.7. The van der Waals surface area contributed by atoms with Gasteiger partial charge in [0.2, 0.25) is 13.4 Å². The lowest BCUT2D eigenvalue weighted by molar-refractivity contribution is 0.588. The normalized spacial score (nSPS) is 14.2. The monoisotopic (exact) mass is 1520 g/mol. The van der Waals surface area contributed by atoms with E-state index in [1.54, 1.807) is 0 Å². The summed E-state index contributed by atoms with van der Waals surface area (Å²) in [6, 6.07) is 99.2. The fourth-order valence-corrected chi connectivity index (χ4v) is 21.2. The van der Waals surface area contributed by atoms with Crippen molar-refractivity contribution >= 4 is 147 Å². The van der Waals surface area contributed by atoms with E-state index in [4.69, 9.17) is 0 Å². The molecule has 0 N–H and O–H groups in total. The van der Waals surface area contributed by atoms with E-state index in [9.17, 15) is 0 Å². The van der Waals surface area contributed by atoms with Crippen LogP contribution in [-0.4, -0.2) is 22.6 Å². The molecule has 4 aliphatic heterocycles. The maximum Gasteiger partial charge on any atom is 0.249 e. The molecule has 0 aliphatic carbocycles. The molecule has 0 bridgehead atoms. The number of para-hydroxylation sites is 1. The van der Waals surface area contributed by atoms with Crippen molar-refractivity contribution in [1.29, 1.82) is 0 Å². The van der Waals surface area contributed by atoms with Crippen molar-refractivity contribution in [1.82, 2.24) is 9.13 Å². The predicted octanol–water partition coefficient (Wildman–Crippen LogP) is 25.8. The van der Waals surface area contributed by atoms with Crippen molar-refractivity contribution in [2.75, 3.05) is 9.80 Å². The summed E-state index contributed by atoms with van der Waals surface area (Å²) in [6.45, 7) is 49.1. The van der Waals surface area contributed by atoms with Crippen molar-refractivity contribution in [2.24, 2.45) is 0 Å². The van der Waals surface area contributed by atoms with Gasteiger partial charge in [0, 0.05) is 92.1 Å². The minimum atomic E-state index is -0.159. The van der Waals surface area contributed by atoms with Gasteiger partial charge < -0.3 is 18.9 Å². The average Bonchev–Trinajstić information content (AvgIpc) is 0.717. The van der Waals surface area contributed by atoms with Crippen LogP contribution in [0.2, 0.25) is 0 Å². The molecule has 19 rings (SSSR count). The number of benzene rings is 13. The topological polar surface area (TPSA) is 16.3 Å². The second-order valence-electron chi connectivity index (χ2n) is 40.3. The van der Waals surface area contributed by atoms with Crippen molar-refractivity contribution in [3.8, 4) is 33.6 Å². The number of nitrogens with zero attached hydrogens (tertiary/aromatic N) is 4. The number of anilines is 6. The summed E-state index contributed by atoms with van der Waals surface area (Å²) in [5.74, 6) is 0. The molecule has 114 heavy (non-hydrogen) atoms. The maximum absolute atomic E-state index is 2.77. The molecule has 0 unspecified atom stereocenters. The highest BCUT2D eigenvalue weighted by molar-refractivity contribution is 8.00. The number of hydrogen-bond donors (Lipinski definition) is 0. The van der Waals surface area contributed by atoms with Gasteiger partial charge in [-0.25, -0.2) is 0 Å². The average molecular weight is 1520 g/mol. The summed E-state index contributed by atoms with van der Waals surface area (Å²) in [6.07, 6.45) is 0. The maximum atomic E-state index is 2.77. The van der Waals surface area contributed by atoms with Crippen molar-refractivity contribution in [2.45, 2.75) is 203 Å². The van der Waals surface area contributed by atoms with Crippen LogP contribution in [0.5, 0.6) is 0 Å². The van der Waals surface area contributed by atoms with Crippen LogP contribution >= 0.6 is 23.5 Å². The van der Waals surface area contributed by atoms with Crippen LogP contribution < -0.4 is 42.6 Å². The highest BCUT2D eigenvalue weighted by atomic mass is 32.2. The lowest BCUT2D eigenvalue weighted by atomic mass is 9.31. The number of fused-ring (bicyclic) bond motifs is 14. The van der Waals surface area contributed by atoms with E-state index in [-0.39, 0.29) is 51.3 Å². The highest BCUT2D eigenvalue weighted by Gasteiger charge is 2.48. The molecule has 4 aliphatic rings. The van der Waals surface area contributed by atoms with Crippen LogP contribution in [0, 0.1) is 0 Å². The van der Waals surface area contributed by atoms with Gasteiger partial charge in [-0.2, -0.15) is 0 Å². The molecular weight excluding hydrogens is 1410 g/mol. The molecule has 2 aromatic heterocycles. The third-order valence-corrected chi connectivity index (χ3v) is 27.6. The van der Waals surface area contributed by atoms with E-state index < -0.39 is 0 Å². The van der Waals surface area contributed by atoms with E-state index in [2.05, 4.69) is 413 Å². The zero-order valence-corrected chi connectivity index (χ0v) is 72.1. The Morgan fingerprint density at radius 1 is 0.237 bits per heavy atom. The molecule has 0 fully saturated rings. The number of rotatable bonds is 6. The van der Waals surface area contributed by atoms with Gasteiger partial charge in [0.05, 0.1) is 27.8 Å². The van der Waals surface area contributed by atoms with E-state index in [1.165, 1.54) is 152 Å². The summed E-state index contributed by atoms with van der Waals surface area (Å²) < 4.78 is 5.22. The van der Waals surface area contributed by atoms with Gasteiger partial charge in [0.15, 0.2) is 0 Å². The first kappa shape index (κ1) is 74.0. The molecule has 8 heteroatoms. The standard InChI is InChI=1S/C106H104B2N4S2/c1-100(2,3)65-35-43-72(44-36-65)109-89-62-90-84(61-83(89)107-81-45-37-70(105(16,17)18)55-93(81)113-95-59-73(57-91(109)97(95)107)110-85-47-39-66(101(4,5)6)51-77(85)78-52-67(102(7,8)9)40-48-86(78)110)108-82-46-38-71(106(19,20)21)56-94(82)114-96-60-74(111-87-49-41-68(103(10,11)12)53-79(87)80-54-69(104(13,14)15)42-50-88(80)111)58-92(98(96)108)112(90)99-75(63-29-24-22-25-30-63)33-28-34-76(99)64-31-26-23-27-32-64/h22-62H,1-21H3. The smallest absolute Gasteiger partial charge is 0.249 e. The molecule has 4 nitrogen and oxygen atoms in total. The van der Waals surface area contributed by atoms with Crippen LogP contribution in [0.3, 0.4) is 0 Å². The fourth-order valence-electron chi connectivity index (χ4n) is 18.7. The van der Waals surface area contributed by atoms with Gasteiger partial charge in [-0.05, 0) is 213 Å². The van der Waals surface area contributed by atoms with Crippen LogP contribution in [0.1, 0.15) is 184 Å². The number of hydrogen-bond acceptors (Lipinski definition) is 4. The van der Waals surface area contributed by atoms with Crippen molar-refractivity contribution in [3.63, 3.8) is 0 Å². The summed E-state index contributed by atoms with van der Waals surface area (Å²) in [5.41, 5.74) is 35.5. The van der Waals surface area contributed by atoms with Gasteiger partial charge >= 0.3 is 0 Å². The third kappa shape index (κ3) is 12.0. The Hall–Kier alpha value is -10.1. The number of aromatic nitrogens is 2. The molecule has 0 saturated carbocycles. The van der Waals surface area contributed by atoms with E-state index in [1.807, 2.05) is 23.5 Å². The first-order valence-corrected chi connectivity index (χ1v) is 42.9. The van der Waals surface area contributed by atoms with Gasteiger partial charge in [0.1, 0.15) is 0 Å². The Kier molecular flexibility index (Phi) is 16.7. The zero-order valence-electron chi connectivity index (χ0n) is 70.4. The minimum Gasteiger partial charge on any atom is -0.311 e. The van der Waals surface area contributed by atoms with E-state index >= 15 is 0 Å². The van der Waals surface area contributed by atoms with Crippen molar-refractivity contribution in [3.05, 3.63) is 288 Å². The summed E-state index contributed by atoms with van der Waals surface area (Å²) in [5, 5.41) is 5.11. The second-order valence-corrected chi connectivity index (χ2v) is 42.5. The molecule has 0 radical (unpaired) electrons. The van der Waals surface area contributed by atoms with Gasteiger partial charge in [-0.15, -0.1) is 0 Å². The molecule has 0 spiro atoms. The molecule has 6 heterocycles. The van der Waals surface area contributed by atoms with Crippen LogP contribution in [0.4, 0.5) is 34.1 Å². The van der Waals surface area contributed by atoms with Crippen LogP contribution in [-0.2, 0) is 37.9 Å². The van der Waals surface area contributed by atoms with Gasteiger partial charge in [-0.1, -0.05) is 325 Å². The Morgan fingerprint density at radius 2 is 0.561 bits per heavy atom. The Morgan fingerprint density at radius 3 is 0.921 bits per heavy atom. The minimum absolute atomic E-state index is 0.0508. The molecule has 15 aromatic rings. The van der Waals surface area contributed by atoms with Crippen LogP contribution in [0.25, 0.3) is 77.2 Å². The predicted molar refractivity (Wildman–Crippen MR) is 497 cm³/mol. The Labute approximate surface area is 685 Å². The first-order chi connectivity index (χ1) is 53.9. The molecular formula is C106H104B2N4S2. The van der Waals surface area contributed by atoms with E-state index in [0.29, 0.717) is 0 Å². The lowest BCUT2D eigenvalue weighted by Crippen LogP contribution is -2.64. The quantitative estimate of drug-likeness (QED) is 0.154. The SMILES string of the molecule is CC(C)(C)c1ccc(N2c3cc4c(cc3B3c5ccc(C(C)(C)C)cc5Sc5cc(-n6c7ccc(C(C)(C)C)cc7c7cc(C(C)(C)C)ccc76)cc2c53)B2c3ccc(C(C)(C)C)cc3Sc3cc(-n5c6ccc(C(C)(C)C)cc6c6cc(C(C)(C)C)ccc65)cc(c32)N4c2c(-c3ccccc3)cccc2-c2ccccc2)cc1.